The van der Waals surface area contributed by atoms with Crippen LogP contribution in [0.3, 0.4) is 0 Å². The zero-order chi connectivity index (χ0) is 16.8. The first-order valence-corrected chi connectivity index (χ1v) is 8.36. The molecule has 0 radical (unpaired) electrons. The van der Waals surface area contributed by atoms with Crippen molar-refractivity contribution in [2.24, 2.45) is 0 Å². The minimum Gasteiger partial charge on any atom is -0.468 e. The third-order valence-corrected chi connectivity index (χ3v) is 4.19. The fraction of sp³-hybridized carbons (Fsp3) is 0.294. The molecule has 0 amide bonds. The van der Waals surface area contributed by atoms with Crippen LogP contribution in [-0.4, -0.2) is 35.4 Å². The summed E-state index contributed by atoms with van der Waals surface area (Å²) in [5.74, 6) is 1.95. The van der Waals surface area contributed by atoms with E-state index in [2.05, 4.69) is 31.0 Å². The van der Waals surface area contributed by atoms with E-state index >= 15 is 0 Å². The third kappa shape index (κ3) is 4.31. The molecule has 0 aliphatic rings. The molecular formula is C17H18BrN3O3. The first kappa shape index (κ1) is 16.9. The van der Waals surface area contributed by atoms with Gasteiger partial charge in [0.2, 0.25) is 11.8 Å². The van der Waals surface area contributed by atoms with Crippen LogP contribution in [0.5, 0.6) is 0 Å². The van der Waals surface area contributed by atoms with Crippen molar-refractivity contribution in [3.8, 4) is 11.5 Å². The largest absolute Gasteiger partial charge is 0.468 e. The van der Waals surface area contributed by atoms with Gasteiger partial charge in [0.25, 0.3) is 0 Å². The van der Waals surface area contributed by atoms with Crippen LogP contribution in [-0.2, 0) is 17.8 Å². The molecule has 0 unspecified atom stereocenters. The van der Waals surface area contributed by atoms with Gasteiger partial charge < -0.3 is 13.6 Å². The molecule has 7 heteroatoms. The molecule has 2 aromatic heterocycles. The fourth-order valence-electron chi connectivity index (χ4n) is 2.31. The molecule has 0 atom stereocenters. The minimum atomic E-state index is 0.502. The molecule has 1 aromatic carbocycles. The quantitative estimate of drug-likeness (QED) is 0.582. The summed E-state index contributed by atoms with van der Waals surface area (Å²) in [6.45, 7) is 2.54. The van der Waals surface area contributed by atoms with Crippen LogP contribution < -0.4 is 0 Å². The van der Waals surface area contributed by atoms with E-state index in [-0.39, 0.29) is 0 Å². The van der Waals surface area contributed by atoms with E-state index in [1.807, 2.05) is 36.4 Å². The van der Waals surface area contributed by atoms with Gasteiger partial charge in [-0.15, -0.1) is 10.2 Å². The topological polar surface area (TPSA) is 64.5 Å². The lowest BCUT2D eigenvalue weighted by Crippen LogP contribution is -2.26. The molecule has 0 aliphatic carbocycles. The van der Waals surface area contributed by atoms with Gasteiger partial charge in [-0.2, -0.15) is 0 Å². The SMILES string of the molecule is COCCN(Cc1ccco1)Cc1nnc(-c2ccccc2Br)o1. The van der Waals surface area contributed by atoms with E-state index < -0.39 is 0 Å². The second-order valence-corrected chi connectivity index (χ2v) is 6.12. The molecular weight excluding hydrogens is 374 g/mol. The van der Waals surface area contributed by atoms with Crippen molar-refractivity contribution >= 4 is 15.9 Å². The zero-order valence-electron chi connectivity index (χ0n) is 13.3. The molecule has 3 rings (SSSR count). The Kier molecular flexibility index (Phi) is 5.79. The summed E-state index contributed by atoms with van der Waals surface area (Å²) in [5, 5.41) is 8.31. The number of benzene rings is 1. The Morgan fingerprint density at radius 3 is 2.75 bits per heavy atom. The van der Waals surface area contributed by atoms with Gasteiger partial charge in [0, 0.05) is 18.1 Å². The molecule has 0 N–H and O–H groups in total. The van der Waals surface area contributed by atoms with E-state index in [0.717, 1.165) is 22.3 Å². The Labute approximate surface area is 148 Å². The van der Waals surface area contributed by atoms with Gasteiger partial charge in [-0.05, 0) is 40.2 Å². The van der Waals surface area contributed by atoms with Gasteiger partial charge in [-0.25, -0.2) is 0 Å². The highest BCUT2D eigenvalue weighted by atomic mass is 79.9. The van der Waals surface area contributed by atoms with Crippen molar-refractivity contribution in [3.63, 3.8) is 0 Å². The lowest BCUT2D eigenvalue weighted by molar-refractivity contribution is 0.128. The number of rotatable bonds is 8. The maximum absolute atomic E-state index is 5.81. The van der Waals surface area contributed by atoms with Crippen molar-refractivity contribution in [2.45, 2.75) is 13.1 Å². The van der Waals surface area contributed by atoms with Gasteiger partial charge in [0.05, 0.1) is 31.5 Å². The van der Waals surface area contributed by atoms with Crippen LogP contribution in [0, 0.1) is 0 Å². The van der Waals surface area contributed by atoms with E-state index in [4.69, 9.17) is 13.6 Å². The van der Waals surface area contributed by atoms with Crippen molar-refractivity contribution < 1.29 is 13.6 Å². The molecule has 0 bridgehead atoms. The molecule has 24 heavy (non-hydrogen) atoms. The molecule has 0 saturated heterocycles. The number of methoxy groups -OCH3 is 1. The average molecular weight is 392 g/mol. The predicted octanol–water partition coefficient (Wildman–Crippen LogP) is 3.74. The van der Waals surface area contributed by atoms with Crippen LogP contribution in [0.2, 0.25) is 0 Å². The maximum atomic E-state index is 5.81. The monoisotopic (exact) mass is 391 g/mol. The molecule has 0 fully saturated rings. The van der Waals surface area contributed by atoms with Crippen LogP contribution in [0.15, 0.2) is 56.0 Å². The van der Waals surface area contributed by atoms with Crippen LogP contribution in [0.4, 0.5) is 0 Å². The lowest BCUT2D eigenvalue weighted by Gasteiger charge is -2.18. The van der Waals surface area contributed by atoms with Crippen molar-refractivity contribution in [3.05, 3.63) is 58.8 Å². The Balaban J connectivity index is 1.71. The van der Waals surface area contributed by atoms with Crippen molar-refractivity contribution in [2.75, 3.05) is 20.3 Å². The number of halogens is 1. The van der Waals surface area contributed by atoms with Gasteiger partial charge in [0.15, 0.2) is 0 Å². The van der Waals surface area contributed by atoms with Gasteiger partial charge in [-0.1, -0.05) is 12.1 Å². The summed E-state index contributed by atoms with van der Waals surface area (Å²) < 4.78 is 17.3. The summed E-state index contributed by atoms with van der Waals surface area (Å²) in [6, 6.07) is 11.6. The standard InChI is InChI=1S/C17H18BrN3O3/c1-22-10-8-21(11-13-5-4-9-23-13)12-16-19-20-17(24-16)14-6-2-3-7-15(14)18/h2-7,9H,8,10-12H2,1H3. The van der Waals surface area contributed by atoms with Crippen LogP contribution in [0.1, 0.15) is 11.7 Å². The zero-order valence-corrected chi connectivity index (χ0v) is 14.9. The van der Waals surface area contributed by atoms with Crippen molar-refractivity contribution in [1.29, 1.82) is 0 Å². The molecule has 126 valence electrons. The minimum absolute atomic E-state index is 0.502. The Morgan fingerprint density at radius 1 is 1.12 bits per heavy atom. The summed E-state index contributed by atoms with van der Waals surface area (Å²) in [7, 11) is 1.68. The number of nitrogens with zero attached hydrogens (tertiary/aromatic N) is 3. The first-order chi connectivity index (χ1) is 11.8. The highest BCUT2D eigenvalue weighted by Gasteiger charge is 2.15. The number of aromatic nitrogens is 2. The van der Waals surface area contributed by atoms with Crippen LogP contribution >= 0.6 is 15.9 Å². The summed E-state index contributed by atoms with van der Waals surface area (Å²) in [5.41, 5.74) is 0.880. The Morgan fingerprint density at radius 2 is 2.00 bits per heavy atom. The first-order valence-electron chi connectivity index (χ1n) is 7.57. The van der Waals surface area contributed by atoms with Crippen LogP contribution in [0.25, 0.3) is 11.5 Å². The van der Waals surface area contributed by atoms with E-state index in [1.54, 1.807) is 13.4 Å². The normalized spacial score (nSPS) is 11.3. The third-order valence-electron chi connectivity index (χ3n) is 3.50. The Hall–Kier alpha value is -1.96. The Bertz CT molecular complexity index is 758. The molecule has 0 aliphatic heterocycles. The summed E-state index contributed by atoms with van der Waals surface area (Å²) in [6.07, 6.45) is 1.67. The number of hydrogen-bond donors (Lipinski definition) is 0. The van der Waals surface area contributed by atoms with E-state index in [1.165, 1.54) is 0 Å². The average Bonchev–Trinajstić information content (AvgIpc) is 3.25. The summed E-state index contributed by atoms with van der Waals surface area (Å²) in [4.78, 5) is 2.14. The summed E-state index contributed by atoms with van der Waals surface area (Å²) >= 11 is 3.50. The molecule has 2 heterocycles. The molecule has 6 nitrogen and oxygen atoms in total. The molecule has 3 aromatic rings. The van der Waals surface area contributed by atoms with E-state index in [0.29, 0.717) is 31.5 Å². The second kappa shape index (κ2) is 8.23. The van der Waals surface area contributed by atoms with Gasteiger partial charge >= 0.3 is 0 Å². The van der Waals surface area contributed by atoms with Crippen molar-refractivity contribution in [1.82, 2.24) is 15.1 Å². The predicted molar refractivity (Wildman–Crippen MR) is 92.1 cm³/mol. The molecule has 0 saturated carbocycles. The second-order valence-electron chi connectivity index (χ2n) is 5.26. The smallest absolute Gasteiger partial charge is 0.248 e. The van der Waals surface area contributed by atoms with Gasteiger partial charge in [0.1, 0.15) is 5.76 Å². The lowest BCUT2D eigenvalue weighted by atomic mass is 10.2. The highest BCUT2D eigenvalue weighted by Crippen LogP contribution is 2.26. The molecule has 0 spiro atoms. The van der Waals surface area contributed by atoms with Gasteiger partial charge in [-0.3, -0.25) is 4.90 Å². The fourth-order valence-corrected chi connectivity index (χ4v) is 2.76. The maximum Gasteiger partial charge on any atom is 0.248 e. The number of furan rings is 1. The number of hydrogen-bond acceptors (Lipinski definition) is 6. The number of ether oxygens (including phenoxy) is 1. The van der Waals surface area contributed by atoms with E-state index in [9.17, 15) is 0 Å². The highest BCUT2D eigenvalue weighted by molar-refractivity contribution is 9.10.